The van der Waals surface area contributed by atoms with Crippen molar-refractivity contribution >= 4 is 21.8 Å². The molecule has 0 radical (unpaired) electrons. The monoisotopic (exact) mass is 383 g/mol. The van der Waals surface area contributed by atoms with Crippen molar-refractivity contribution in [3.05, 3.63) is 29.8 Å². The molecule has 1 aromatic carbocycles. The second-order valence-corrected chi connectivity index (χ2v) is 7.75. The second-order valence-electron chi connectivity index (χ2n) is 6.19. The maximum atomic E-state index is 12.2. The molecule has 144 valence electrons. The normalized spacial score (nSPS) is 14.9. The second kappa shape index (κ2) is 9.11. The lowest BCUT2D eigenvalue weighted by Gasteiger charge is -2.28. The Morgan fingerprint density at radius 3 is 2.31 bits per heavy atom. The van der Waals surface area contributed by atoms with Crippen molar-refractivity contribution in [1.82, 2.24) is 9.80 Å². The predicted octanol–water partition coefficient (Wildman–Crippen LogP) is -0.0261. The molecule has 0 spiro atoms. The number of ether oxygens (including phenoxy) is 1. The highest BCUT2D eigenvalue weighted by Crippen LogP contribution is 2.10. The number of nitrogens with zero attached hydrogens (tertiary/aromatic N) is 2. The minimum Gasteiger partial charge on any atom is -0.378 e. The number of benzene rings is 1. The van der Waals surface area contributed by atoms with Gasteiger partial charge in [-0.25, -0.2) is 13.6 Å². The SMILES string of the molecule is CC(=O)N(CCC(=O)N1CCOCC1)CCc1ccc(S(N)(=O)=O)cc1. The van der Waals surface area contributed by atoms with Crippen molar-refractivity contribution in [3.8, 4) is 0 Å². The van der Waals surface area contributed by atoms with Crippen LogP contribution in [0.15, 0.2) is 29.2 Å². The zero-order valence-electron chi connectivity index (χ0n) is 14.9. The summed E-state index contributed by atoms with van der Waals surface area (Å²) in [6.45, 7) is 4.59. The highest BCUT2D eigenvalue weighted by molar-refractivity contribution is 7.89. The van der Waals surface area contributed by atoms with Gasteiger partial charge in [0.15, 0.2) is 0 Å². The van der Waals surface area contributed by atoms with Crippen LogP contribution in [0.2, 0.25) is 0 Å². The lowest BCUT2D eigenvalue weighted by Crippen LogP contribution is -2.42. The maximum absolute atomic E-state index is 12.2. The minimum atomic E-state index is -3.71. The van der Waals surface area contributed by atoms with Crippen LogP contribution >= 0.6 is 0 Å². The van der Waals surface area contributed by atoms with E-state index >= 15 is 0 Å². The molecule has 2 rings (SSSR count). The van der Waals surface area contributed by atoms with Crippen LogP contribution in [0.1, 0.15) is 18.9 Å². The van der Waals surface area contributed by atoms with Gasteiger partial charge < -0.3 is 14.5 Å². The van der Waals surface area contributed by atoms with E-state index in [0.717, 1.165) is 5.56 Å². The molecule has 0 aliphatic carbocycles. The number of rotatable bonds is 7. The van der Waals surface area contributed by atoms with Crippen LogP contribution in [0.25, 0.3) is 0 Å². The molecule has 0 atom stereocenters. The average Bonchev–Trinajstić information content (AvgIpc) is 2.61. The van der Waals surface area contributed by atoms with Gasteiger partial charge in [0, 0.05) is 39.5 Å². The molecule has 2 amide bonds. The van der Waals surface area contributed by atoms with E-state index in [1.54, 1.807) is 21.9 Å². The van der Waals surface area contributed by atoms with Crippen LogP contribution in [-0.2, 0) is 30.8 Å². The molecule has 0 aromatic heterocycles. The Bertz CT molecular complexity index is 727. The topological polar surface area (TPSA) is 110 Å². The molecule has 8 nitrogen and oxygen atoms in total. The van der Waals surface area contributed by atoms with Gasteiger partial charge in [0.25, 0.3) is 0 Å². The van der Waals surface area contributed by atoms with Crippen molar-refractivity contribution in [3.63, 3.8) is 0 Å². The highest BCUT2D eigenvalue weighted by atomic mass is 32.2. The molecule has 1 aliphatic rings. The van der Waals surface area contributed by atoms with E-state index in [9.17, 15) is 18.0 Å². The Morgan fingerprint density at radius 1 is 1.15 bits per heavy atom. The highest BCUT2D eigenvalue weighted by Gasteiger charge is 2.18. The summed E-state index contributed by atoms with van der Waals surface area (Å²) in [6, 6.07) is 6.25. The number of morpholine rings is 1. The smallest absolute Gasteiger partial charge is 0.238 e. The molecule has 1 saturated heterocycles. The first-order valence-corrected chi connectivity index (χ1v) is 10.0. The van der Waals surface area contributed by atoms with Crippen LogP contribution < -0.4 is 5.14 Å². The Morgan fingerprint density at radius 2 is 1.77 bits per heavy atom. The quantitative estimate of drug-likeness (QED) is 0.711. The Hall–Kier alpha value is -1.97. The largest absolute Gasteiger partial charge is 0.378 e. The number of primary sulfonamides is 1. The molecule has 9 heteroatoms. The van der Waals surface area contributed by atoms with E-state index in [4.69, 9.17) is 9.88 Å². The first-order chi connectivity index (χ1) is 12.3. The summed E-state index contributed by atoms with van der Waals surface area (Å²) in [5, 5.41) is 5.07. The Balaban J connectivity index is 1.85. The summed E-state index contributed by atoms with van der Waals surface area (Å²) in [5.41, 5.74) is 0.892. The lowest BCUT2D eigenvalue weighted by molar-refractivity contribution is -0.136. The Labute approximate surface area is 153 Å². The molecule has 1 heterocycles. The Kier molecular flexibility index (Phi) is 7.13. The van der Waals surface area contributed by atoms with Gasteiger partial charge in [-0.3, -0.25) is 9.59 Å². The molecule has 1 fully saturated rings. The third-order valence-corrected chi connectivity index (χ3v) is 5.26. The first-order valence-electron chi connectivity index (χ1n) is 8.50. The average molecular weight is 383 g/mol. The standard InChI is InChI=1S/C17H25N3O5S/c1-14(21)19(9-7-17(22)20-10-12-25-13-11-20)8-6-15-2-4-16(5-3-15)26(18,23)24/h2-5H,6-13H2,1H3,(H2,18,23,24). The summed E-state index contributed by atoms with van der Waals surface area (Å²) in [7, 11) is -3.71. The van der Waals surface area contributed by atoms with Gasteiger partial charge >= 0.3 is 0 Å². The third-order valence-electron chi connectivity index (χ3n) is 4.33. The van der Waals surface area contributed by atoms with Crippen LogP contribution in [0.4, 0.5) is 0 Å². The molecule has 1 aromatic rings. The number of hydrogen-bond acceptors (Lipinski definition) is 5. The molecule has 1 aliphatic heterocycles. The molecule has 26 heavy (non-hydrogen) atoms. The van der Waals surface area contributed by atoms with Crippen LogP contribution in [0, 0.1) is 0 Å². The fourth-order valence-corrected chi connectivity index (χ4v) is 3.25. The molecule has 0 saturated carbocycles. The number of sulfonamides is 1. The van der Waals surface area contributed by atoms with Gasteiger partial charge in [-0.05, 0) is 24.1 Å². The fourth-order valence-electron chi connectivity index (χ4n) is 2.74. The van der Waals surface area contributed by atoms with Gasteiger partial charge in [0.2, 0.25) is 21.8 Å². The molecule has 0 unspecified atom stereocenters. The van der Waals surface area contributed by atoms with E-state index < -0.39 is 10.0 Å². The van der Waals surface area contributed by atoms with Crippen LogP contribution in [0.3, 0.4) is 0 Å². The van der Waals surface area contributed by atoms with E-state index in [-0.39, 0.29) is 23.1 Å². The summed E-state index contributed by atoms with van der Waals surface area (Å²) < 4.78 is 27.7. The zero-order valence-corrected chi connectivity index (χ0v) is 15.7. The van der Waals surface area contributed by atoms with E-state index in [1.807, 2.05) is 0 Å². The van der Waals surface area contributed by atoms with E-state index in [2.05, 4.69) is 0 Å². The van der Waals surface area contributed by atoms with E-state index in [0.29, 0.717) is 45.8 Å². The zero-order chi connectivity index (χ0) is 19.2. The van der Waals surface area contributed by atoms with Gasteiger partial charge in [0.1, 0.15) is 0 Å². The first kappa shape index (κ1) is 20.3. The fraction of sp³-hybridized carbons (Fsp3) is 0.529. The van der Waals surface area contributed by atoms with Crippen molar-refractivity contribution in [1.29, 1.82) is 0 Å². The minimum absolute atomic E-state index is 0.0251. The van der Waals surface area contributed by atoms with Gasteiger partial charge in [-0.1, -0.05) is 12.1 Å². The number of carbonyl (C=O) groups is 2. The summed E-state index contributed by atoms with van der Waals surface area (Å²) >= 11 is 0. The van der Waals surface area contributed by atoms with Crippen LogP contribution in [-0.4, -0.2) is 69.4 Å². The number of amides is 2. The third kappa shape index (κ3) is 6.08. The van der Waals surface area contributed by atoms with Gasteiger partial charge in [-0.2, -0.15) is 0 Å². The van der Waals surface area contributed by atoms with Gasteiger partial charge in [0.05, 0.1) is 18.1 Å². The predicted molar refractivity (Wildman–Crippen MR) is 95.8 cm³/mol. The molecular weight excluding hydrogens is 358 g/mol. The lowest BCUT2D eigenvalue weighted by atomic mass is 10.1. The van der Waals surface area contributed by atoms with E-state index in [1.165, 1.54) is 19.1 Å². The number of nitrogens with two attached hydrogens (primary N) is 1. The number of carbonyl (C=O) groups excluding carboxylic acids is 2. The molecule has 2 N–H and O–H groups in total. The number of hydrogen-bond donors (Lipinski definition) is 1. The van der Waals surface area contributed by atoms with Crippen molar-refractivity contribution in [2.24, 2.45) is 5.14 Å². The van der Waals surface area contributed by atoms with Crippen molar-refractivity contribution < 1.29 is 22.7 Å². The summed E-state index contributed by atoms with van der Waals surface area (Å²) in [4.78, 5) is 27.5. The summed E-state index contributed by atoms with van der Waals surface area (Å²) in [6.07, 6.45) is 0.847. The van der Waals surface area contributed by atoms with Crippen molar-refractivity contribution in [2.45, 2.75) is 24.7 Å². The molecule has 0 bridgehead atoms. The summed E-state index contributed by atoms with van der Waals surface area (Å²) in [5.74, 6) is -0.0713. The molecular formula is C17H25N3O5S. The van der Waals surface area contributed by atoms with Crippen LogP contribution in [0.5, 0.6) is 0 Å². The maximum Gasteiger partial charge on any atom is 0.238 e. The van der Waals surface area contributed by atoms with Gasteiger partial charge in [-0.15, -0.1) is 0 Å². The van der Waals surface area contributed by atoms with Crippen molar-refractivity contribution in [2.75, 3.05) is 39.4 Å².